The fraction of sp³-hybridized carbons (Fsp3) is 0.286. The number of fused-ring (bicyclic) bond motifs is 1. The second-order valence-corrected chi connectivity index (χ2v) is 5.60. The third-order valence-corrected chi connectivity index (χ3v) is 4.13. The molecule has 0 saturated carbocycles. The van der Waals surface area contributed by atoms with Gasteiger partial charge in [-0.1, -0.05) is 6.07 Å². The molecule has 3 rings (SSSR count). The monoisotopic (exact) mass is 261 g/mol. The van der Waals surface area contributed by atoms with Gasteiger partial charge in [0.1, 0.15) is 0 Å². The van der Waals surface area contributed by atoms with Gasteiger partial charge in [-0.2, -0.15) is 0 Å². The molecule has 0 radical (unpaired) electrons. The largest absolute Gasteiger partial charge is 0.454 e. The molecule has 3 nitrogen and oxygen atoms in total. The second-order valence-electron chi connectivity index (χ2n) is 4.28. The average molecular weight is 261 g/mol. The van der Waals surface area contributed by atoms with Gasteiger partial charge < -0.3 is 14.8 Å². The summed E-state index contributed by atoms with van der Waals surface area (Å²) in [7, 11) is 1.98. The molecule has 0 saturated heterocycles. The van der Waals surface area contributed by atoms with Crippen LogP contribution in [0.2, 0.25) is 0 Å². The number of nitrogens with one attached hydrogen (secondary N) is 1. The molecule has 0 bridgehead atoms. The second kappa shape index (κ2) is 4.63. The van der Waals surface area contributed by atoms with Crippen molar-refractivity contribution in [2.75, 3.05) is 13.8 Å². The van der Waals surface area contributed by atoms with E-state index >= 15 is 0 Å². The predicted molar refractivity (Wildman–Crippen MR) is 72.5 cm³/mol. The van der Waals surface area contributed by atoms with E-state index < -0.39 is 0 Å². The lowest BCUT2D eigenvalue weighted by molar-refractivity contribution is 0.174. The van der Waals surface area contributed by atoms with E-state index in [2.05, 4.69) is 36.5 Å². The summed E-state index contributed by atoms with van der Waals surface area (Å²) in [4.78, 5) is 2.64. The number of benzene rings is 1. The Morgan fingerprint density at radius 3 is 2.72 bits per heavy atom. The molecule has 1 unspecified atom stereocenters. The first-order valence-electron chi connectivity index (χ1n) is 5.91. The molecule has 0 spiro atoms. The normalized spacial score (nSPS) is 14.8. The summed E-state index contributed by atoms with van der Waals surface area (Å²) in [6.07, 6.45) is 0. The standard InChI is InChI=1S/C14H15NO2S/c1-9-3-6-13(18-9)14(15-2)10-4-5-11-12(7-10)17-8-16-11/h3-7,14-15H,8H2,1-2H3. The van der Waals surface area contributed by atoms with Gasteiger partial charge >= 0.3 is 0 Å². The zero-order valence-corrected chi connectivity index (χ0v) is 11.2. The summed E-state index contributed by atoms with van der Waals surface area (Å²) in [6, 6.07) is 10.6. The van der Waals surface area contributed by atoms with Gasteiger partial charge in [0, 0.05) is 9.75 Å². The van der Waals surface area contributed by atoms with Crippen LogP contribution >= 0.6 is 11.3 Å². The van der Waals surface area contributed by atoms with Crippen LogP contribution in [0.5, 0.6) is 11.5 Å². The van der Waals surface area contributed by atoms with Crippen molar-refractivity contribution in [3.05, 3.63) is 45.6 Å². The number of hydrogen-bond donors (Lipinski definition) is 1. The van der Waals surface area contributed by atoms with Crippen LogP contribution in [-0.2, 0) is 0 Å². The third-order valence-electron chi connectivity index (χ3n) is 3.06. The van der Waals surface area contributed by atoms with Gasteiger partial charge in [0.15, 0.2) is 11.5 Å². The number of hydrogen-bond acceptors (Lipinski definition) is 4. The van der Waals surface area contributed by atoms with Gasteiger partial charge in [0.05, 0.1) is 6.04 Å². The van der Waals surface area contributed by atoms with E-state index in [0.29, 0.717) is 6.79 Å². The third kappa shape index (κ3) is 1.98. The highest BCUT2D eigenvalue weighted by Gasteiger charge is 2.19. The highest BCUT2D eigenvalue weighted by molar-refractivity contribution is 7.12. The molecule has 1 aromatic heterocycles. The molecular formula is C14H15NO2S. The van der Waals surface area contributed by atoms with Crippen molar-refractivity contribution in [3.8, 4) is 11.5 Å². The fourth-order valence-electron chi connectivity index (χ4n) is 2.17. The van der Waals surface area contributed by atoms with Crippen molar-refractivity contribution >= 4 is 11.3 Å². The molecule has 18 heavy (non-hydrogen) atoms. The van der Waals surface area contributed by atoms with E-state index in [1.165, 1.54) is 15.3 Å². The maximum Gasteiger partial charge on any atom is 0.231 e. The molecule has 4 heteroatoms. The van der Waals surface area contributed by atoms with Crippen LogP contribution in [-0.4, -0.2) is 13.8 Å². The molecule has 0 amide bonds. The smallest absolute Gasteiger partial charge is 0.231 e. The molecule has 1 N–H and O–H groups in total. The van der Waals surface area contributed by atoms with E-state index in [0.717, 1.165) is 11.5 Å². The van der Waals surface area contributed by atoms with Crippen LogP contribution in [0.25, 0.3) is 0 Å². The fourth-order valence-corrected chi connectivity index (χ4v) is 3.19. The lowest BCUT2D eigenvalue weighted by Gasteiger charge is -2.15. The van der Waals surface area contributed by atoms with Crippen LogP contribution in [0.3, 0.4) is 0 Å². The lowest BCUT2D eigenvalue weighted by atomic mass is 10.0. The van der Waals surface area contributed by atoms with Crippen molar-refractivity contribution in [1.29, 1.82) is 0 Å². The average Bonchev–Trinajstić information content (AvgIpc) is 2.99. The highest BCUT2D eigenvalue weighted by atomic mass is 32.1. The maximum absolute atomic E-state index is 5.43. The molecular weight excluding hydrogens is 246 g/mol. The van der Waals surface area contributed by atoms with Crippen molar-refractivity contribution < 1.29 is 9.47 Å². The summed E-state index contributed by atoms with van der Waals surface area (Å²) < 4.78 is 10.8. The molecule has 1 aliphatic heterocycles. The van der Waals surface area contributed by atoms with E-state index in [1.54, 1.807) is 0 Å². The number of aryl methyl sites for hydroxylation is 1. The van der Waals surface area contributed by atoms with Gasteiger partial charge in [-0.05, 0) is 43.8 Å². The molecule has 2 heterocycles. The first-order valence-corrected chi connectivity index (χ1v) is 6.73. The van der Waals surface area contributed by atoms with Crippen molar-refractivity contribution in [1.82, 2.24) is 5.32 Å². The Labute approximate surface area is 110 Å². The Hall–Kier alpha value is -1.52. The molecule has 1 atom stereocenters. The number of rotatable bonds is 3. The quantitative estimate of drug-likeness (QED) is 0.921. The van der Waals surface area contributed by atoms with Gasteiger partial charge in [0.25, 0.3) is 0 Å². The van der Waals surface area contributed by atoms with Crippen LogP contribution in [0.1, 0.15) is 21.4 Å². The highest BCUT2D eigenvalue weighted by Crippen LogP contribution is 2.36. The van der Waals surface area contributed by atoms with E-state index in [-0.39, 0.29) is 6.04 Å². The predicted octanol–water partition coefficient (Wildman–Crippen LogP) is 3.09. The Bertz CT molecular complexity index is 565. The Kier molecular flexibility index (Phi) is 2.97. The summed E-state index contributed by atoms with van der Waals surface area (Å²) in [5.74, 6) is 1.66. The minimum Gasteiger partial charge on any atom is -0.454 e. The Balaban J connectivity index is 1.96. The summed E-state index contributed by atoms with van der Waals surface area (Å²) in [5.41, 5.74) is 1.20. The number of ether oxygens (including phenoxy) is 2. The molecule has 1 aromatic carbocycles. The summed E-state index contributed by atoms with van der Waals surface area (Å²) >= 11 is 1.81. The topological polar surface area (TPSA) is 30.5 Å². The van der Waals surface area contributed by atoms with Crippen molar-refractivity contribution in [3.63, 3.8) is 0 Å². The zero-order valence-electron chi connectivity index (χ0n) is 10.4. The SMILES string of the molecule is CNC(c1ccc2c(c1)OCO2)c1ccc(C)s1. The molecule has 94 valence electrons. The lowest BCUT2D eigenvalue weighted by Crippen LogP contribution is -2.16. The molecule has 1 aliphatic rings. The summed E-state index contributed by atoms with van der Waals surface area (Å²) in [5, 5.41) is 3.35. The van der Waals surface area contributed by atoms with E-state index in [9.17, 15) is 0 Å². The van der Waals surface area contributed by atoms with Gasteiger partial charge in [0.2, 0.25) is 6.79 Å². The molecule has 0 aliphatic carbocycles. The van der Waals surface area contributed by atoms with Crippen molar-refractivity contribution in [2.24, 2.45) is 0 Å². The molecule has 0 fully saturated rings. The van der Waals surface area contributed by atoms with Crippen LogP contribution < -0.4 is 14.8 Å². The van der Waals surface area contributed by atoms with Crippen molar-refractivity contribution in [2.45, 2.75) is 13.0 Å². The minimum absolute atomic E-state index is 0.207. The first kappa shape index (κ1) is 11.6. The van der Waals surface area contributed by atoms with Crippen LogP contribution in [0.15, 0.2) is 30.3 Å². The maximum atomic E-state index is 5.43. The minimum atomic E-state index is 0.207. The van der Waals surface area contributed by atoms with Gasteiger partial charge in [-0.3, -0.25) is 0 Å². The zero-order chi connectivity index (χ0) is 12.5. The van der Waals surface area contributed by atoms with E-state index in [4.69, 9.17) is 9.47 Å². The van der Waals surface area contributed by atoms with E-state index in [1.807, 2.05) is 24.5 Å². The molecule has 2 aromatic rings. The Morgan fingerprint density at radius 2 is 2.00 bits per heavy atom. The van der Waals surface area contributed by atoms with Crippen LogP contribution in [0.4, 0.5) is 0 Å². The first-order chi connectivity index (χ1) is 8.78. The van der Waals surface area contributed by atoms with Gasteiger partial charge in [-0.15, -0.1) is 11.3 Å². The van der Waals surface area contributed by atoms with Crippen LogP contribution in [0, 0.1) is 6.92 Å². The van der Waals surface area contributed by atoms with Gasteiger partial charge in [-0.25, -0.2) is 0 Å². The Morgan fingerprint density at radius 1 is 1.17 bits per heavy atom. The summed E-state index contributed by atoms with van der Waals surface area (Å²) in [6.45, 7) is 2.45. The number of thiophene rings is 1.